The Balaban J connectivity index is 2.11. The van der Waals surface area contributed by atoms with Gasteiger partial charge in [0.05, 0.1) is 5.57 Å². The van der Waals surface area contributed by atoms with E-state index in [1.54, 1.807) is 62.4 Å². The fourth-order valence-corrected chi connectivity index (χ4v) is 1.99. The lowest BCUT2D eigenvalue weighted by molar-refractivity contribution is -0.131. The van der Waals surface area contributed by atoms with Crippen molar-refractivity contribution in [3.05, 3.63) is 96.1 Å². The Labute approximate surface area is 153 Å². The van der Waals surface area contributed by atoms with Crippen LogP contribution in [-0.4, -0.2) is 11.9 Å². The van der Waals surface area contributed by atoms with Crippen molar-refractivity contribution in [2.75, 3.05) is 0 Å². The minimum atomic E-state index is -0.538. The van der Waals surface area contributed by atoms with Crippen LogP contribution in [0.15, 0.2) is 96.1 Å². The van der Waals surface area contributed by atoms with E-state index in [1.807, 2.05) is 12.1 Å². The number of para-hydroxylation sites is 2. The molecule has 0 N–H and O–H groups in total. The molecule has 4 nitrogen and oxygen atoms in total. The maximum absolute atomic E-state index is 12.3. The van der Waals surface area contributed by atoms with Gasteiger partial charge in [-0.2, -0.15) is 0 Å². The molecule has 0 unspecified atom stereocenters. The molecule has 132 valence electrons. The molecule has 26 heavy (non-hydrogen) atoms. The first-order valence-corrected chi connectivity index (χ1v) is 8.06. The van der Waals surface area contributed by atoms with Crippen LogP contribution in [0.5, 0.6) is 11.5 Å². The van der Waals surface area contributed by atoms with Gasteiger partial charge in [-0.05, 0) is 49.8 Å². The molecule has 0 spiro atoms. The highest BCUT2D eigenvalue weighted by molar-refractivity contribution is 5.95. The summed E-state index contributed by atoms with van der Waals surface area (Å²) in [5.41, 5.74) is 1.16. The van der Waals surface area contributed by atoms with E-state index in [1.165, 1.54) is 12.2 Å². The van der Waals surface area contributed by atoms with Crippen LogP contribution in [0.4, 0.5) is 0 Å². The number of ether oxygens (including phenoxy) is 2. The van der Waals surface area contributed by atoms with Crippen LogP contribution in [0.3, 0.4) is 0 Å². The topological polar surface area (TPSA) is 52.6 Å². The van der Waals surface area contributed by atoms with Gasteiger partial charge in [-0.25, -0.2) is 9.59 Å². The predicted molar refractivity (Wildman–Crippen MR) is 101 cm³/mol. The fourth-order valence-electron chi connectivity index (χ4n) is 1.99. The molecule has 0 amide bonds. The smallest absolute Gasteiger partial charge is 0.343 e. The Morgan fingerprint density at radius 1 is 0.769 bits per heavy atom. The van der Waals surface area contributed by atoms with Crippen molar-refractivity contribution in [1.29, 1.82) is 0 Å². The van der Waals surface area contributed by atoms with Crippen molar-refractivity contribution in [3.8, 4) is 11.5 Å². The first kappa shape index (κ1) is 18.9. The molecule has 0 heterocycles. The summed E-state index contributed by atoms with van der Waals surface area (Å²) in [7, 11) is 0. The average molecular weight is 348 g/mol. The second kappa shape index (κ2) is 9.18. The van der Waals surface area contributed by atoms with Gasteiger partial charge < -0.3 is 9.47 Å². The van der Waals surface area contributed by atoms with Crippen molar-refractivity contribution >= 4 is 11.9 Å². The third kappa shape index (κ3) is 5.60. The van der Waals surface area contributed by atoms with E-state index in [-0.39, 0.29) is 5.57 Å². The molecule has 0 fully saturated rings. The summed E-state index contributed by atoms with van der Waals surface area (Å²) in [6.07, 6.45) is 3.02. The molecule has 0 atom stereocenters. The Kier molecular flexibility index (Phi) is 6.68. The fraction of sp³-hybridized carbons (Fsp3) is 0.0909. The summed E-state index contributed by atoms with van der Waals surface area (Å²) < 4.78 is 10.6. The molecule has 0 saturated carbocycles. The number of benzene rings is 2. The van der Waals surface area contributed by atoms with E-state index < -0.39 is 11.9 Å². The highest BCUT2D eigenvalue weighted by Gasteiger charge is 2.13. The Morgan fingerprint density at radius 2 is 1.23 bits per heavy atom. The third-order valence-electron chi connectivity index (χ3n) is 3.41. The Morgan fingerprint density at radius 3 is 1.69 bits per heavy atom. The van der Waals surface area contributed by atoms with Crippen LogP contribution in [0.2, 0.25) is 0 Å². The summed E-state index contributed by atoms with van der Waals surface area (Å²) in [4.78, 5) is 24.4. The number of rotatable bonds is 6. The first-order chi connectivity index (χ1) is 12.5. The molecular weight excluding hydrogens is 328 g/mol. The first-order valence-electron chi connectivity index (χ1n) is 8.06. The van der Waals surface area contributed by atoms with Gasteiger partial charge in [0.25, 0.3) is 0 Å². The van der Waals surface area contributed by atoms with E-state index in [4.69, 9.17) is 9.47 Å². The SMILES string of the molecule is C=C(C)/C(=C\C=C(/C)C(=O)Oc1ccccc1)C(=O)Oc1ccccc1. The number of allylic oxidation sites excluding steroid dienone is 2. The lowest BCUT2D eigenvalue weighted by atomic mass is 10.1. The molecule has 0 aliphatic carbocycles. The number of carbonyl (C=O) groups is 2. The normalized spacial score (nSPS) is 11.6. The number of hydrogen-bond acceptors (Lipinski definition) is 4. The van der Waals surface area contributed by atoms with E-state index in [9.17, 15) is 9.59 Å². The highest BCUT2D eigenvalue weighted by atomic mass is 16.5. The molecule has 2 rings (SSSR count). The number of carbonyl (C=O) groups excluding carboxylic acids is 2. The zero-order valence-electron chi connectivity index (χ0n) is 14.8. The molecule has 0 bridgehead atoms. The average Bonchev–Trinajstić information content (AvgIpc) is 2.63. The van der Waals surface area contributed by atoms with Crippen molar-refractivity contribution in [2.45, 2.75) is 13.8 Å². The zero-order valence-corrected chi connectivity index (χ0v) is 14.8. The standard InChI is InChI=1S/C22H20O4/c1-16(2)20(22(24)26-19-12-8-5-9-13-19)15-14-17(3)21(23)25-18-10-6-4-7-11-18/h4-15H,1H2,2-3H3/b17-14+,20-15+. The molecule has 4 heteroatoms. The maximum atomic E-state index is 12.3. The van der Waals surface area contributed by atoms with Crippen LogP contribution >= 0.6 is 0 Å². The molecule has 2 aromatic rings. The molecule has 0 aliphatic heterocycles. The highest BCUT2D eigenvalue weighted by Crippen LogP contribution is 2.16. The van der Waals surface area contributed by atoms with Gasteiger partial charge >= 0.3 is 11.9 Å². The van der Waals surface area contributed by atoms with Crippen LogP contribution in [0.25, 0.3) is 0 Å². The van der Waals surface area contributed by atoms with Gasteiger partial charge in [0.1, 0.15) is 11.5 Å². The van der Waals surface area contributed by atoms with Gasteiger partial charge in [-0.15, -0.1) is 0 Å². The summed E-state index contributed by atoms with van der Waals surface area (Å²) in [5, 5.41) is 0. The maximum Gasteiger partial charge on any atom is 0.343 e. The van der Waals surface area contributed by atoms with Crippen molar-refractivity contribution < 1.29 is 19.1 Å². The summed E-state index contributed by atoms with van der Waals surface area (Å²) in [6, 6.07) is 17.5. The third-order valence-corrected chi connectivity index (χ3v) is 3.41. The van der Waals surface area contributed by atoms with Gasteiger partial charge in [0, 0.05) is 5.57 Å². The van der Waals surface area contributed by atoms with Crippen molar-refractivity contribution in [1.82, 2.24) is 0 Å². The minimum absolute atomic E-state index is 0.278. The Hall–Kier alpha value is -3.40. The lowest BCUT2D eigenvalue weighted by Crippen LogP contribution is -2.12. The zero-order chi connectivity index (χ0) is 18.9. The van der Waals surface area contributed by atoms with E-state index in [2.05, 4.69) is 6.58 Å². The molecule has 0 radical (unpaired) electrons. The predicted octanol–water partition coefficient (Wildman–Crippen LogP) is 4.65. The molecule has 0 aliphatic rings. The molecule has 0 saturated heterocycles. The van der Waals surface area contributed by atoms with Gasteiger partial charge in [-0.3, -0.25) is 0 Å². The van der Waals surface area contributed by atoms with Crippen molar-refractivity contribution in [3.63, 3.8) is 0 Å². The molecule has 0 aromatic heterocycles. The monoisotopic (exact) mass is 348 g/mol. The largest absolute Gasteiger partial charge is 0.423 e. The number of hydrogen-bond donors (Lipinski definition) is 0. The summed E-state index contributed by atoms with van der Waals surface area (Å²) in [5.74, 6) is -0.138. The minimum Gasteiger partial charge on any atom is -0.423 e. The van der Waals surface area contributed by atoms with Gasteiger partial charge in [-0.1, -0.05) is 49.1 Å². The van der Waals surface area contributed by atoms with E-state index in [0.717, 1.165) is 0 Å². The van der Waals surface area contributed by atoms with Crippen molar-refractivity contribution in [2.24, 2.45) is 0 Å². The van der Waals surface area contributed by atoms with E-state index in [0.29, 0.717) is 22.6 Å². The summed E-state index contributed by atoms with van der Waals surface area (Å²) >= 11 is 0. The van der Waals surface area contributed by atoms with Crippen LogP contribution in [0, 0.1) is 0 Å². The second-order valence-corrected chi connectivity index (χ2v) is 5.62. The Bertz CT molecular complexity index is 846. The van der Waals surface area contributed by atoms with Gasteiger partial charge in [0.15, 0.2) is 0 Å². The van der Waals surface area contributed by atoms with E-state index >= 15 is 0 Å². The van der Waals surface area contributed by atoms with Gasteiger partial charge in [0.2, 0.25) is 0 Å². The van der Waals surface area contributed by atoms with Crippen LogP contribution < -0.4 is 9.47 Å². The summed E-state index contributed by atoms with van der Waals surface area (Å²) in [6.45, 7) is 7.10. The molecular formula is C22H20O4. The lowest BCUT2D eigenvalue weighted by Gasteiger charge is -2.07. The second-order valence-electron chi connectivity index (χ2n) is 5.62. The number of esters is 2. The quantitative estimate of drug-likeness (QED) is 0.330. The molecule has 2 aromatic carbocycles. The van der Waals surface area contributed by atoms with Crippen LogP contribution in [0.1, 0.15) is 13.8 Å². The van der Waals surface area contributed by atoms with Crippen LogP contribution in [-0.2, 0) is 9.59 Å².